The third-order valence-corrected chi connectivity index (χ3v) is 17.6. The Balaban J connectivity index is 1.31. The number of anilines is 6. The molecule has 5 aliphatic rings. The van der Waals surface area contributed by atoms with Crippen LogP contribution < -0.4 is 26.2 Å². The molecule has 0 spiro atoms. The highest BCUT2D eigenvalue weighted by Crippen LogP contribution is 2.56. The lowest BCUT2D eigenvalue weighted by molar-refractivity contribution is 0.332. The van der Waals surface area contributed by atoms with Crippen LogP contribution in [0.4, 0.5) is 34.1 Å². The molecule has 2 nitrogen and oxygen atoms in total. The molecule has 344 valence electrons. The van der Waals surface area contributed by atoms with Crippen molar-refractivity contribution < 1.29 is 6.85 Å². The molecule has 2 aliphatic heterocycles. The molecule has 0 aromatic heterocycles. The van der Waals surface area contributed by atoms with Crippen molar-refractivity contribution in [1.29, 1.82) is 0 Å². The van der Waals surface area contributed by atoms with Crippen LogP contribution in [-0.4, -0.2) is 6.71 Å². The molecule has 0 amide bonds. The van der Waals surface area contributed by atoms with Crippen molar-refractivity contribution in [2.75, 3.05) is 9.80 Å². The first kappa shape index (κ1) is 38.9. The highest BCUT2D eigenvalue weighted by molar-refractivity contribution is 7.00. The summed E-state index contributed by atoms with van der Waals surface area (Å²) in [4.78, 5) is 5.03. The normalized spacial score (nSPS) is 21.6. The maximum Gasteiger partial charge on any atom is 0.252 e. The Morgan fingerprint density at radius 3 is 1.52 bits per heavy atom. The SMILES string of the molecule is [2H]c1c([2H])c([2H])c(-c2cc(C(C)(C)C)ccc2N2c3cc4c(cc3B3c5cc6c(cc5N(c5ccc7c(c5)C(C)(C)CCC7(C)C)c5cc(C)cc2c53)C(C)(C)CCC6(C)C)C(C)(C)CC4(C)C)c([2H])c1[2H]. The summed E-state index contributed by atoms with van der Waals surface area (Å²) in [7, 11) is 0. The zero-order valence-corrected chi connectivity index (χ0v) is 43.4. The van der Waals surface area contributed by atoms with Crippen LogP contribution in [0.3, 0.4) is 0 Å². The minimum Gasteiger partial charge on any atom is -0.311 e. The molecule has 6 aromatic rings. The Morgan fingerprint density at radius 2 is 0.955 bits per heavy atom. The quantitative estimate of drug-likeness (QED) is 0.163. The molecule has 11 rings (SSSR count). The van der Waals surface area contributed by atoms with Gasteiger partial charge >= 0.3 is 0 Å². The largest absolute Gasteiger partial charge is 0.311 e. The number of nitrogens with zero attached hydrogens (tertiary/aromatic N) is 2. The van der Waals surface area contributed by atoms with E-state index in [0.29, 0.717) is 5.56 Å². The molecule has 2 heterocycles. The predicted molar refractivity (Wildman–Crippen MR) is 291 cm³/mol. The lowest BCUT2D eigenvalue weighted by Gasteiger charge is -2.48. The summed E-state index contributed by atoms with van der Waals surface area (Å²) in [5, 5.41) is 0. The van der Waals surface area contributed by atoms with E-state index in [1.165, 1.54) is 61.1 Å². The molecular weight excluding hydrogens is 808 g/mol. The highest BCUT2D eigenvalue weighted by Gasteiger charge is 2.50. The van der Waals surface area contributed by atoms with Crippen LogP contribution in [0, 0.1) is 6.92 Å². The van der Waals surface area contributed by atoms with Gasteiger partial charge in [0.1, 0.15) is 0 Å². The summed E-state index contributed by atoms with van der Waals surface area (Å²) < 4.78 is 45.6. The van der Waals surface area contributed by atoms with Gasteiger partial charge in [0.15, 0.2) is 0 Å². The summed E-state index contributed by atoms with van der Waals surface area (Å²) in [6.07, 6.45) is 5.52. The Bertz CT molecular complexity index is 3340. The maximum absolute atomic E-state index is 9.50. The molecule has 0 bridgehead atoms. The van der Waals surface area contributed by atoms with Crippen LogP contribution in [0.2, 0.25) is 0 Å². The molecule has 3 aliphatic carbocycles. The third-order valence-electron chi connectivity index (χ3n) is 17.6. The number of aryl methyl sites for hydroxylation is 1. The zero-order chi connectivity index (χ0) is 52.1. The van der Waals surface area contributed by atoms with Gasteiger partial charge in [-0.3, -0.25) is 0 Å². The molecule has 0 radical (unpaired) electrons. The molecule has 0 atom stereocenters. The summed E-state index contributed by atoms with van der Waals surface area (Å²) in [5.41, 5.74) is 21.4. The number of fused-ring (bicyclic) bond motifs is 7. The lowest BCUT2D eigenvalue weighted by atomic mass is 9.32. The average molecular weight is 888 g/mol. The summed E-state index contributed by atoms with van der Waals surface area (Å²) in [6, 6.07) is 27.4. The van der Waals surface area contributed by atoms with Crippen molar-refractivity contribution in [1.82, 2.24) is 0 Å². The summed E-state index contributed by atoms with van der Waals surface area (Å²) >= 11 is 0. The molecule has 0 saturated carbocycles. The monoisotopic (exact) mass is 888 g/mol. The van der Waals surface area contributed by atoms with E-state index in [4.69, 9.17) is 4.11 Å². The van der Waals surface area contributed by atoms with E-state index in [2.05, 4.69) is 193 Å². The topological polar surface area (TPSA) is 6.48 Å². The Kier molecular flexibility index (Phi) is 8.16. The fourth-order valence-corrected chi connectivity index (χ4v) is 13.7. The lowest BCUT2D eigenvalue weighted by Crippen LogP contribution is -2.62. The Hall–Kier alpha value is -5.02. The fraction of sp³-hybridized carbons (Fsp3) is 0.438. The van der Waals surface area contributed by atoms with E-state index in [9.17, 15) is 2.74 Å². The van der Waals surface area contributed by atoms with Crippen molar-refractivity contribution in [2.24, 2.45) is 0 Å². The second kappa shape index (κ2) is 14.0. The van der Waals surface area contributed by atoms with Crippen molar-refractivity contribution in [3.05, 3.63) is 148 Å². The first-order chi connectivity index (χ1) is 33.3. The van der Waals surface area contributed by atoms with Gasteiger partial charge in [0, 0.05) is 34.0 Å². The standard InChI is InChI=1S/C64H75BN2/c1-39-30-55-57-56(31-39)67(52-25-22-41(58(2,3)4)32-43(52)40-20-18-17-19-21-40)54-37-49-47(63(13,14)38-64(49,15)16)35-51(54)65(57)50-34-46-48(62(11,12)29-28-61(46,9)10)36-53(50)66(55)42-23-24-44-45(33-42)60(7,8)27-26-59(44,5)6/h17-25,30-37H,26-29,38H2,1-16H3/i17D,18D,19D,20D,21D. The zero-order valence-electron chi connectivity index (χ0n) is 48.4. The first-order valence-corrected chi connectivity index (χ1v) is 25.3. The minimum absolute atomic E-state index is 0.00559. The van der Waals surface area contributed by atoms with Gasteiger partial charge in [-0.15, -0.1) is 0 Å². The van der Waals surface area contributed by atoms with E-state index < -0.39 is 0 Å². The maximum atomic E-state index is 9.50. The second-order valence-electron chi connectivity index (χ2n) is 26.4. The van der Waals surface area contributed by atoms with Crippen LogP contribution >= 0.6 is 0 Å². The molecule has 0 saturated heterocycles. The van der Waals surface area contributed by atoms with E-state index >= 15 is 0 Å². The molecule has 67 heavy (non-hydrogen) atoms. The van der Waals surface area contributed by atoms with E-state index in [1.807, 2.05) is 0 Å². The number of benzene rings is 6. The van der Waals surface area contributed by atoms with Crippen LogP contribution in [0.5, 0.6) is 0 Å². The first-order valence-electron chi connectivity index (χ1n) is 27.8. The van der Waals surface area contributed by atoms with Gasteiger partial charge in [0.2, 0.25) is 0 Å². The summed E-state index contributed by atoms with van der Waals surface area (Å²) in [5.74, 6) is 0. The average Bonchev–Trinajstić information content (AvgIpc) is 3.48. The van der Waals surface area contributed by atoms with Crippen LogP contribution in [-0.2, 0) is 37.9 Å². The molecular formula is C64H75BN2. The minimum atomic E-state index is -0.386. The third kappa shape index (κ3) is 6.62. The molecule has 3 heteroatoms. The van der Waals surface area contributed by atoms with Crippen LogP contribution in [0.1, 0.15) is 187 Å². The van der Waals surface area contributed by atoms with Crippen molar-refractivity contribution in [3.63, 3.8) is 0 Å². The number of hydrogen-bond donors (Lipinski definition) is 0. The van der Waals surface area contributed by atoms with Crippen LogP contribution in [0.25, 0.3) is 11.1 Å². The van der Waals surface area contributed by atoms with Gasteiger partial charge in [0.05, 0.1) is 12.5 Å². The van der Waals surface area contributed by atoms with E-state index in [1.54, 1.807) is 0 Å². The Labute approximate surface area is 411 Å². The molecule has 0 N–H and O–H groups in total. The van der Waals surface area contributed by atoms with Gasteiger partial charge in [-0.25, -0.2) is 0 Å². The molecule has 0 unspecified atom stereocenters. The number of rotatable bonds is 3. The summed E-state index contributed by atoms with van der Waals surface area (Å²) in [6.45, 7) is 37.7. The predicted octanol–water partition coefficient (Wildman–Crippen LogP) is 15.7. The van der Waals surface area contributed by atoms with Crippen molar-refractivity contribution >= 4 is 57.2 Å². The fourth-order valence-electron chi connectivity index (χ4n) is 13.7. The Morgan fingerprint density at radius 1 is 0.478 bits per heavy atom. The molecule has 6 aromatic carbocycles. The second-order valence-corrected chi connectivity index (χ2v) is 26.4. The van der Waals surface area contributed by atoms with Crippen molar-refractivity contribution in [3.8, 4) is 11.1 Å². The van der Waals surface area contributed by atoms with E-state index in [0.717, 1.165) is 66.0 Å². The van der Waals surface area contributed by atoms with Gasteiger partial charge < -0.3 is 9.80 Å². The highest BCUT2D eigenvalue weighted by atomic mass is 15.2. The van der Waals surface area contributed by atoms with Gasteiger partial charge in [-0.1, -0.05) is 158 Å². The van der Waals surface area contributed by atoms with Gasteiger partial charge in [-0.05, 0) is 192 Å². The van der Waals surface area contributed by atoms with E-state index in [-0.39, 0.29) is 80.4 Å². The van der Waals surface area contributed by atoms with Crippen LogP contribution in [0.15, 0.2) is 103 Å². The number of hydrogen-bond acceptors (Lipinski definition) is 2. The van der Waals surface area contributed by atoms with Gasteiger partial charge in [0.25, 0.3) is 6.71 Å². The smallest absolute Gasteiger partial charge is 0.252 e. The molecule has 0 fully saturated rings. The van der Waals surface area contributed by atoms with Gasteiger partial charge in [-0.2, -0.15) is 0 Å². The van der Waals surface area contributed by atoms with Crippen molar-refractivity contribution in [2.45, 2.75) is 181 Å².